The molecule has 2 rings (SSSR count). The minimum absolute atomic E-state index is 0.189. The first kappa shape index (κ1) is 17.9. The molecule has 8 heteroatoms. The first-order chi connectivity index (χ1) is 11.5. The first-order valence-electron chi connectivity index (χ1n) is 7.58. The van der Waals surface area contributed by atoms with Crippen molar-refractivity contribution in [1.82, 2.24) is 10.3 Å². The van der Waals surface area contributed by atoms with Crippen molar-refractivity contribution in [3.8, 4) is 0 Å². The molecule has 3 amide bonds. The number of halogens is 1. The minimum Gasteiger partial charge on any atom is -0.351 e. The number of hydrogen-bond acceptors (Lipinski definition) is 4. The van der Waals surface area contributed by atoms with Crippen molar-refractivity contribution in [2.24, 2.45) is 0 Å². The van der Waals surface area contributed by atoms with Gasteiger partial charge < -0.3 is 10.6 Å². The molecular weight excluding hydrogens is 331 g/mol. The highest BCUT2D eigenvalue weighted by Gasteiger charge is 2.16. The van der Waals surface area contributed by atoms with Crippen LogP contribution in [0.4, 0.5) is 20.0 Å². The van der Waals surface area contributed by atoms with E-state index in [1.54, 1.807) is 6.92 Å². The Morgan fingerprint density at radius 3 is 2.58 bits per heavy atom. The van der Waals surface area contributed by atoms with Gasteiger partial charge in [0.1, 0.15) is 10.7 Å². The minimum atomic E-state index is -0.506. The number of aromatic nitrogens is 1. The second kappa shape index (κ2) is 8.39. The molecular formula is C16H19FN4O2S. The number of aryl methyl sites for hydroxylation is 1. The zero-order valence-corrected chi connectivity index (χ0v) is 14.3. The quantitative estimate of drug-likeness (QED) is 0.694. The second-order valence-corrected chi connectivity index (χ2v) is 6.13. The van der Waals surface area contributed by atoms with Gasteiger partial charge in [-0.25, -0.2) is 14.2 Å². The van der Waals surface area contributed by atoms with Crippen molar-refractivity contribution in [1.29, 1.82) is 0 Å². The summed E-state index contributed by atoms with van der Waals surface area (Å²) in [5.41, 5.74) is 1.02. The first-order valence-corrected chi connectivity index (χ1v) is 8.40. The number of urea groups is 1. The van der Waals surface area contributed by atoms with Gasteiger partial charge in [-0.3, -0.25) is 10.1 Å². The van der Waals surface area contributed by atoms with Crippen molar-refractivity contribution in [2.75, 3.05) is 17.2 Å². The van der Waals surface area contributed by atoms with Crippen LogP contribution in [0.15, 0.2) is 24.3 Å². The largest absolute Gasteiger partial charge is 0.351 e. The van der Waals surface area contributed by atoms with Gasteiger partial charge in [-0.15, -0.1) is 0 Å². The van der Waals surface area contributed by atoms with Gasteiger partial charge in [0.25, 0.3) is 5.91 Å². The lowest BCUT2D eigenvalue weighted by Gasteiger charge is -2.04. The van der Waals surface area contributed by atoms with Crippen molar-refractivity contribution >= 4 is 34.1 Å². The molecule has 0 spiro atoms. The lowest BCUT2D eigenvalue weighted by Crippen LogP contribution is -2.24. The molecule has 128 valence electrons. The number of carbonyl (C=O) groups is 2. The van der Waals surface area contributed by atoms with Gasteiger partial charge >= 0.3 is 6.03 Å². The Morgan fingerprint density at radius 2 is 1.92 bits per heavy atom. The smallest absolute Gasteiger partial charge is 0.325 e. The Kier molecular flexibility index (Phi) is 6.25. The molecule has 1 heterocycles. The molecule has 0 atom stereocenters. The van der Waals surface area contributed by atoms with Gasteiger partial charge in [-0.05, 0) is 37.6 Å². The molecule has 6 nitrogen and oxygen atoms in total. The number of amides is 3. The summed E-state index contributed by atoms with van der Waals surface area (Å²) in [6.45, 7) is 4.38. The SMILES string of the molecule is CCCCNC(=O)c1sc(NC(=O)Nc2ccc(F)cc2)nc1C. The molecule has 1 aromatic heterocycles. The predicted molar refractivity (Wildman–Crippen MR) is 93.1 cm³/mol. The summed E-state index contributed by atoms with van der Waals surface area (Å²) in [7, 11) is 0. The summed E-state index contributed by atoms with van der Waals surface area (Å²) in [5, 5.41) is 8.29. The van der Waals surface area contributed by atoms with Crippen molar-refractivity contribution in [3.63, 3.8) is 0 Å². The monoisotopic (exact) mass is 350 g/mol. The van der Waals surface area contributed by atoms with E-state index in [0.717, 1.165) is 24.2 Å². The summed E-state index contributed by atoms with van der Waals surface area (Å²) >= 11 is 1.11. The number of anilines is 2. The molecule has 24 heavy (non-hydrogen) atoms. The fourth-order valence-electron chi connectivity index (χ4n) is 1.91. The maximum Gasteiger partial charge on any atom is 0.325 e. The van der Waals surface area contributed by atoms with Crippen LogP contribution in [-0.4, -0.2) is 23.5 Å². The Morgan fingerprint density at radius 1 is 1.21 bits per heavy atom. The number of hydrogen-bond donors (Lipinski definition) is 3. The lowest BCUT2D eigenvalue weighted by molar-refractivity contribution is 0.0956. The Bertz CT molecular complexity index is 715. The third kappa shape index (κ3) is 5.02. The van der Waals surface area contributed by atoms with E-state index >= 15 is 0 Å². The number of benzene rings is 1. The molecule has 0 aliphatic heterocycles. The zero-order valence-electron chi connectivity index (χ0n) is 13.5. The van der Waals surface area contributed by atoms with Crippen LogP contribution in [0, 0.1) is 12.7 Å². The molecule has 0 radical (unpaired) electrons. The van der Waals surface area contributed by atoms with Gasteiger partial charge in [-0.1, -0.05) is 24.7 Å². The highest BCUT2D eigenvalue weighted by atomic mass is 32.1. The van der Waals surface area contributed by atoms with Crippen molar-refractivity contribution in [2.45, 2.75) is 26.7 Å². The molecule has 0 unspecified atom stereocenters. The Labute approximate surface area is 143 Å². The van der Waals surface area contributed by atoms with Crippen molar-refractivity contribution < 1.29 is 14.0 Å². The molecule has 1 aromatic carbocycles. The fourth-order valence-corrected chi connectivity index (χ4v) is 2.79. The van der Waals surface area contributed by atoms with E-state index in [-0.39, 0.29) is 11.7 Å². The van der Waals surface area contributed by atoms with Gasteiger partial charge in [0.2, 0.25) is 0 Å². The number of nitrogens with zero attached hydrogens (tertiary/aromatic N) is 1. The van der Waals surface area contributed by atoms with E-state index in [1.807, 2.05) is 6.92 Å². The number of unbranched alkanes of at least 4 members (excludes halogenated alkanes) is 1. The van der Waals surface area contributed by atoms with Crippen LogP contribution >= 0.6 is 11.3 Å². The highest BCUT2D eigenvalue weighted by Crippen LogP contribution is 2.22. The highest BCUT2D eigenvalue weighted by molar-refractivity contribution is 7.17. The standard InChI is InChI=1S/C16H19FN4O2S/c1-3-4-9-18-14(22)13-10(2)19-16(24-13)21-15(23)20-12-7-5-11(17)6-8-12/h5-8H,3-4,9H2,1-2H3,(H,18,22)(H2,19,20,21,23). The average Bonchev–Trinajstić information content (AvgIpc) is 2.90. The summed E-state index contributed by atoms with van der Waals surface area (Å²) in [6.07, 6.45) is 1.91. The van der Waals surface area contributed by atoms with E-state index in [1.165, 1.54) is 24.3 Å². The molecule has 0 aliphatic carbocycles. The number of thiazole rings is 1. The lowest BCUT2D eigenvalue weighted by atomic mass is 10.3. The Balaban J connectivity index is 1.95. The van der Waals surface area contributed by atoms with E-state index in [0.29, 0.717) is 27.9 Å². The van der Waals surface area contributed by atoms with E-state index in [4.69, 9.17) is 0 Å². The summed E-state index contributed by atoms with van der Waals surface area (Å²) in [5.74, 6) is -0.569. The van der Waals surface area contributed by atoms with Crippen LogP contribution in [0.1, 0.15) is 35.1 Å². The maximum atomic E-state index is 12.8. The molecule has 0 saturated carbocycles. The fraction of sp³-hybridized carbons (Fsp3) is 0.312. The van der Waals surface area contributed by atoms with Gasteiger partial charge in [0, 0.05) is 12.2 Å². The van der Waals surface area contributed by atoms with Crippen LogP contribution < -0.4 is 16.0 Å². The summed E-state index contributed by atoms with van der Waals surface area (Å²) in [6, 6.07) is 4.90. The zero-order chi connectivity index (χ0) is 17.5. The summed E-state index contributed by atoms with van der Waals surface area (Å²) < 4.78 is 12.8. The van der Waals surface area contributed by atoms with Crippen LogP contribution in [0.5, 0.6) is 0 Å². The molecule has 3 N–H and O–H groups in total. The van der Waals surface area contributed by atoms with Crippen LogP contribution in [0.25, 0.3) is 0 Å². The average molecular weight is 350 g/mol. The molecule has 0 saturated heterocycles. The Hall–Kier alpha value is -2.48. The molecule has 2 aromatic rings. The van der Waals surface area contributed by atoms with E-state index in [9.17, 15) is 14.0 Å². The summed E-state index contributed by atoms with van der Waals surface area (Å²) in [4.78, 5) is 28.6. The molecule has 0 fully saturated rings. The van der Waals surface area contributed by atoms with Gasteiger partial charge in [0.15, 0.2) is 5.13 Å². The second-order valence-electron chi connectivity index (χ2n) is 5.13. The van der Waals surface area contributed by atoms with Crippen LogP contribution in [0.3, 0.4) is 0 Å². The third-order valence-electron chi connectivity index (χ3n) is 3.14. The van der Waals surface area contributed by atoms with Crippen LogP contribution in [-0.2, 0) is 0 Å². The van der Waals surface area contributed by atoms with Gasteiger partial charge in [-0.2, -0.15) is 0 Å². The molecule has 0 bridgehead atoms. The number of carbonyl (C=O) groups excluding carboxylic acids is 2. The number of rotatable bonds is 6. The predicted octanol–water partition coefficient (Wildman–Crippen LogP) is 3.76. The molecule has 0 aliphatic rings. The van der Waals surface area contributed by atoms with Crippen LogP contribution in [0.2, 0.25) is 0 Å². The maximum absolute atomic E-state index is 12.8. The van der Waals surface area contributed by atoms with E-state index in [2.05, 4.69) is 20.9 Å². The third-order valence-corrected chi connectivity index (χ3v) is 4.21. The van der Waals surface area contributed by atoms with E-state index < -0.39 is 6.03 Å². The van der Waals surface area contributed by atoms with Gasteiger partial charge in [0.05, 0.1) is 5.69 Å². The van der Waals surface area contributed by atoms with Crippen molar-refractivity contribution in [3.05, 3.63) is 40.7 Å². The topological polar surface area (TPSA) is 83.1 Å². The normalized spacial score (nSPS) is 10.3. The number of nitrogens with one attached hydrogen (secondary N) is 3.